The summed E-state index contributed by atoms with van der Waals surface area (Å²) in [7, 11) is -1.02. The zero-order chi connectivity index (χ0) is 19.3. The van der Waals surface area contributed by atoms with Crippen LogP contribution in [0.1, 0.15) is 35.4 Å². The normalized spacial score (nSPS) is 20.8. The first kappa shape index (κ1) is 17.8. The van der Waals surface area contributed by atoms with Crippen molar-refractivity contribution >= 4 is 21.5 Å². The maximum atomic E-state index is 11.9. The van der Waals surface area contributed by atoms with Gasteiger partial charge in [-0.1, -0.05) is 0 Å². The lowest BCUT2D eigenvalue weighted by Crippen LogP contribution is -2.59. The van der Waals surface area contributed by atoms with Crippen molar-refractivity contribution in [1.29, 1.82) is 0 Å². The molecule has 1 aliphatic carbocycles. The van der Waals surface area contributed by atoms with E-state index in [0.717, 1.165) is 54.5 Å². The Bertz CT molecular complexity index is 1020. The fraction of sp³-hybridized carbons (Fsp3) is 0.579. The molecule has 0 saturated carbocycles. The molecule has 3 aliphatic rings. The van der Waals surface area contributed by atoms with Crippen molar-refractivity contribution in [2.45, 2.75) is 43.9 Å². The number of hydrogen-bond acceptors (Lipinski definition) is 8. The maximum Gasteiger partial charge on any atom is 0.154 e. The minimum absolute atomic E-state index is 0.0696. The predicted molar refractivity (Wildman–Crippen MR) is 106 cm³/mol. The van der Waals surface area contributed by atoms with Gasteiger partial charge in [-0.3, -0.25) is 0 Å². The van der Waals surface area contributed by atoms with Gasteiger partial charge < -0.3 is 9.80 Å². The number of sulfone groups is 1. The topological polar surface area (TPSA) is 92.2 Å². The highest BCUT2D eigenvalue weighted by molar-refractivity contribution is 7.90. The van der Waals surface area contributed by atoms with E-state index in [1.807, 2.05) is 13.1 Å². The molecule has 1 fully saturated rings. The van der Waals surface area contributed by atoms with Crippen LogP contribution in [0, 0.1) is 0 Å². The van der Waals surface area contributed by atoms with E-state index in [-0.39, 0.29) is 11.5 Å². The summed E-state index contributed by atoms with van der Waals surface area (Å²) in [4.78, 5) is 4.33. The van der Waals surface area contributed by atoms with E-state index in [1.165, 1.54) is 18.4 Å². The largest absolute Gasteiger partial charge is 0.352 e. The third kappa shape index (κ3) is 3.21. The molecule has 0 bridgehead atoms. The first-order valence-corrected chi connectivity index (χ1v) is 11.7. The van der Waals surface area contributed by atoms with Crippen molar-refractivity contribution in [1.82, 2.24) is 20.4 Å². The van der Waals surface area contributed by atoms with Gasteiger partial charge in [0.25, 0.3) is 0 Å². The molecule has 2 aromatic rings. The monoisotopic (exact) mass is 400 g/mol. The Kier molecular flexibility index (Phi) is 4.22. The highest BCUT2D eigenvalue weighted by Gasteiger charge is 2.33. The van der Waals surface area contributed by atoms with Crippen LogP contribution in [0.15, 0.2) is 12.1 Å². The SMILES string of the molecule is CN(c1cc2c(nn1)CCS(=O)(=O)C2)C1CN(c2cc3c(nn2)CCCC3)C1. The molecule has 8 nitrogen and oxygen atoms in total. The zero-order valence-corrected chi connectivity index (χ0v) is 16.8. The zero-order valence-electron chi connectivity index (χ0n) is 16.0. The average molecular weight is 401 g/mol. The fourth-order valence-corrected chi connectivity index (χ4v) is 5.59. The lowest BCUT2D eigenvalue weighted by atomic mass is 9.96. The summed E-state index contributed by atoms with van der Waals surface area (Å²) in [5.41, 5.74) is 4.10. The average Bonchev–Trinajstić information content (AvgIpc) is 2.65. The Balaban J connectivity index is 1.28. The van der Waals surface area contributed by atoms with E-state index in [2.05, 4.69) is 36.3 Å². The smallest absolute Gasteiger partial charge is 0.154 e. The number of anilines is 2. The molecule has 9 heteroatoms. The number of aromatic nitrogens is 4. The molecular weight excluding hydrogens is 376 g/mol. The number of nitrogens with zero attached hydrogens (tertiary/aromatic N) is 6. The first-order chi connectivity index (χ1) is 13.5. The van der Waals surface area contributed by atoms with Crippen LogP contribution in [0.3, 0.4) is 0 Å². The number of aryl methyl sites for hydroxylation is 3. The van der Waals surface area contributed by atoms with Gasteiger partial charge in [-0.15, -0.1) is 10.2 Å². The molecule has 2 aromatic heterocycles. The van der Waals surface area contributed by atoms with E-state index < -0.39 is 9.84 Å². The first-order valence-electron chi connectivity index (χ1n) is 9.88. The molecule has 1 saturated heterocycles. The van der Waals surface area contributed by atoms with Crippen LogP contribution >= 0.6 is 0 Å². The molecule has 0 atom stereocenters. The van der Waals surface area contributed by atoms with E-state index >= 15 is 0 Å². The standard InChI is InChI=1S/C19H24N6O2S/c1-24(18-9-14-12-28(26,27)7-6-17(14)21-22-18)15-10-25(11-15)19-8-13-4-2-3-5-16(13)20-23-19/h8-9,15H,2-7,10-12H2,1H3. The van der Waals surface area contributed by atoms with Crippen LogP contribution in [0.2, 0.25) is 0 Å². The van der Waals surface area contributed by atoms with Crippen molar-refractivity contribution in [3.8, 4) is 0 Å². The van der Waals surface area contributed by atoms with E-state index in [0.29, 0.717) is 12.5 Å². The summed E-state index contributed by atoms with van der Waals surface area (Å²) in [5.74, 6) is 1.92. The molecule has 5 rings (SSSR count). The molecule has 4 heterocycles. The van der Waals surface area contributed by atoms with Crippen LogP contribution in [-0.2, 0) is 34.9 Å². The number of hydrogen-bond donors (Lipinski definition) is 0. The number of likely N-dealkylation sites (N-methyl/N-ethyl adjacent to an activating group) is 1. The maximum absolute atomic E-state index is 11.9. The third-order valence-corrected chi connectivity index (χ3v) is 7.70. The summed E-state index contributed by atoms with van der Waals surface area (Å²) in [5, 5.41) is 17.5. The fourth-order valence-electron chi connectivity index (χ4n) is 4.22. The lowest BCUT2D eigenvalue weighted by molar-refractivity contribution is 0.485. The highest BCUT2D eigenvalue weighted by Crippen LogP contribution is 2.28. The van der Waals surface area contributed by atoms with Gasteiger partial charge in [-0.25, -0.2) is 8.42 Å². The van der Waals surface area contributed by atoms with Crippen LogP contribution in [0.5, 0.6) is 0 Å². The Morgan fingerprint density at radius 2 is 1.71 bits per heavy atom. The van der Waals surface area contributed by atoms with Gasteiger partial charge in [-0.05, 0) is 48.9 Å². The molecule has 2 aliphatic heterocycles. The highest BCUT2D eigenvalue weighted by atomic mass is 32.2. The molecule has 0 amide bonds. The number of rotatable bonds is 3. The lowest BCUT2D eigenvalue weighted by Gasteiger charge is -2.45. The van der Waals surface area contributed by atoms with Gasteiger partial charge in [0.05, 0.1) is 28.9 Å². The second kappa shape index (κ2) is 6.65. The third-order valence-electron chi connectivity index (χ3n) is 6.12. The Morgan fingerprint density at radius 1 is 0.964 bits per heavy atom. The molecule has 0 unspecified atom stereocenters. The molecule has 148 valence electrons. The van der Waals surface area contributed by atoms with Crippen molar-refractivity contribution in [2.24, 2.45) is 0 Å². The van der Waals surface area contributed by atoms with Crippen LogP contribution in [0.25, 0.3) is 0 Å². The van der Waals surface area contributed by atoms with Crippen molar-refractivity contribution in [3.05, 3.63) is 34.6 Å². The molecule has 0 spiro atoms. The summed E-state index contributed by atoms with van der Waals surface area (Å²) < 4.78 is 23.8. The molecule has 0 radical (unpaired) electrons. The second-order valence-electron chi connectivity index (χ2n) is 8.07. The quantitative estimate of drug-likeness (QED) is 0.752. The van der Waals surface area contributed by atoms with Gasteiger partial charge in [0.15, 0.2) is 21.5 Å². The second-order valence-corrected chi connectivity index (χ2v) is 10.3. The Labute approximate surface area is 164 Å². The summed E-state index contributed by atoms with van der Waals surface area (Å²) >= 11 is 0. The summed E-state index contributed by atoms with van der Waals surface area (Å²) in [6, 6.07) is 4.38. The van der Waals surface area contributed by atoms with Gasteiger partial charge in [-0.2, -0.15) is 10.2 Å². The number of fused-ring (bicyclic) bond motifs is 2. The van der Waals surface area contributed by atoms with Crippen molar-refractivity contribution in [2.75, 3.05) is 35.7 Å². The van der Waals surface area contributed by atoms with Crippen LogP contribution < -0.4 is 9.80 Å². The Hall–Kier alpha value is -2.29. The van der Waals surface area contributed by atoms with E-state index in [4.69, 9.17) is 0 Å². The van der Waals surface area contributed by atoms with Crippen molar-refractivity contribution < 1.29 is 8.42 Å². The summed E-state index contributed by atoms with van der Waals surface area (Å²) in [6.45, 7) is 1.70. The van der Waals surface area contributed by atoms with Gasteiger partial charge in [0.2, 0.25) is 0 Å². The van der Waals surface area contributed by atoms with E-state index in [1.54, 1.807) is 0 Å². The molecule has 28 heavy (non-hydrogen) atoms. The molecular formula is C19H24N6O2S. The van der Waals surface area contributed by atoms with E-state index in [9.17, 15) is 8.42 Å². The minimum atomic E-state index is -3.01. The Morgan fingerprint density at radius 3 is 2.57 bits per heavy atom. The predicted octanol–water partition coefficient (Wildman–Crippen LogP) is 0.941. The summed E-state index contributed by atoms with van der Waals surface area (Å²) in [6.07, 6.45) is 5.04. The van der Waals surface area contributed by atoms with Crippen LogP contribution in [-0.4, -0.2) is 60.7 Å². The van der Waals surface area contributed by atoms with Gasteiger partial charge in [0.1, 0.15) is 0 Å². The van der Waals surface area contributed by atoms with Crippen LogP contribution in [0.4, 0.5) is 11.6 Å². The van der Waals surface area contributed by atoms with Crippen molar-refractivity contribution in [3.63, 3.8) is 0 Å². The van der Waals surface area contributed by atoms with Gasteiger partial charge >= 0.3 is 0 Å². The molecule has 0 aromatic carbocycles. The molecule has 0 N–H and O–H groups in total. The van der Waals surface area contributed by atoms with Gasteiger partial charge in [0, 0.05) is 26.6 Å². The minimum Gasteiger partial charge on any atom is -0.352 e.